The summed E-state index contributed by atoms with van der Waals surface area (Å²) >= 11 is 0. The van der Waals surface area contributed by atoms with Gasteiger partial charge in [0, 0.05) is 25.7 Å². The van der Waals surface area contributed by atoms with Gasteiger partial charge < -0.3 is 15.5 Å². The van der Waals surface area contributed by atoms with Crippen molar-refractivity contribution in [2.45, 2.75) is 32.1 Å². The first-order valence-electron chi connectivity index (χ1n) is 7.34. The van der Waals surface area contributed by atoms with Crippen molar-refractivity contribution in [3.8, 4) is 0 Å². The lowest BCUT2D eigenvalue weighted by Gasteiger charge is -2.33. The Morgan fingerprint density at radius 3 is 2.29 bits per heavy atom. The highest BCUT2D eigenvalue weighted by Gasteiger charge is 2.30. The van der Waals surface area contributed by atoms with Gasteiger partial charge in [-0.25, -0.2) is 0 Å². The smallest absolute Gasteiger partial charge is 0.355 e. The van der Waals surface area contributed by atoms with E-state index in [0.717, 1.165) is 12.1 Å². The SMILES string of the molecule is CN=C(NCc1cccc(C(F)(F)F)c1)NCC(C)(C)N(C)C.I. The number of rotatable bonds is 5. The molecular formula is C16H26F3IN4. The van der Waals surface area contributed by atoms with E-state index in [1.165, 1.54) is 6.07 Å². The van der Waals surface area contributed by atoms with Crippen LogP contribution in [-0.4, -0.2) is 44.1 Å². The summed E-state index contributed by atoms with van der Waals surface area (Å²) in [6.45, 7) is 5.09. The predicted octanol–water partition coefficient (Wildman–Crippen LogP) is 3.33. The van der Waals surface area contributed by atoms with Crippen molar-refractivity contribution in [3.05, 3.63) is 35.4 Å². The molecule has 138 valence electrons. The van der Waals surface area contributed by atoms with Crippen molar-refractivity contribution in [1.82, 2.24) is 15.5 Å². The number of halogens is 4. The van der Waals surface area contributed by atoms with Crippen molar-refractivity contribution in [1.29, 1.82) is 0 Å². The van der Waals surface area contributed by atoms with E-state index in [4.69, 9.17) is 0 Å². The first-order valence-corrected chi connectivity index (χ1v) is 7.34. The number of aliphatic imine (C=N–C) groups is 1. The molecule has 0 unspecified atom stereocenters. The van der Waals surface area contributed by atoms with E-state index in [9.17, 15) is 13.2 Å². The third-order valence-corrected chi connectivity index (χ3v) is 3.84. The summed E-state index contributed by atoms with van der Waals surface area (Å²) in [5, 5.41) is 6.21. The molecule has 1 rings (SSSR count). The van der Waals surface area contributed by atoms with Crippen LogP contribution in [0.3, 0.4) is 0 Å². The minimum absolute atomic E-state index is 0. The molecule has 1 aromatic carbocycles. The molecule has 0 saturated carbocycles. The number of hydrogen-bond donors (Lipinski definition) is 2. The van der Waals surface area contributed by atoms with Gasteiger partial charge in [-0.3, -0.25) is 4.99 Å². The fraction of sp³-hybridized carbons (Fsp3) is 0.562. The highest BCUT2D eigenvalue weighted by Crippen LogP contribution is 2.29. The second-order valence-corrected chi connectivity index (χ2v) is 6.18. The second-order valence-electron chi connectivity index (χ2n) is 6.18. The second kappa shape index (κ2) is 9.45. The Kier molecular flexibility index (Phi) is 9.05. The molecular weight excluding hydrogens is 432 g/mol. The van der Waals surface area contributed by atoms with Gasteiger partial charge >= 0.3 is 6.18 Å². The molecule has 0 radical (unpaired) electrons. The maximum atomic E-state index is 12.7. The zero-order valence-electron chi connectivity index (χ0n) is 14.7. The number of likely N-dealkylation sites (N-methyl/N-ethyl adjacent to an activating group) is 1. The highest BCUT2D eigenvalue weighted by atomic mass is 127. The lowest BCUT2D eigenvalue weighted by atomic mass is 10.0. The third kappa shape index (κ3) is 7.25. The summed E-state index contributed by atoms with van der Waals surface area (Å²) in [5.74, 6) is 0.553. The lowest BCUT2D eigenvalue weighted by molar-refractivity contribution is -0.137. The average molecular weight is 458 g/mol. The fourth-order valence-corrected chi connectivity index (χ4v) is 1.72. The molecule has 24 heavy (non-hydrogen) atoms. The lowest BCUT2D eigenvalue weighted by Crippen LogP contribution is -2.50. The maximum Gasteiger partial charge on any atom is 0.416 e. The summed E-state index contributed by atoms with van der Waals surface area (Å²) in [5.41, 5.74) is -0.170. The quantitative estimate of drug-likeness (QED) is 0.404. The Morgan fingerprint density at radius 1 is 1.17 bits per heavy atom. The van der Waals surface area contributed by atoms with E-state index in [0.29, 0.717) is 18.1 Å². The summed E-state index contributed by atoms with van der Waals surface area (Å²) in [6, 6.07) is 5.27. The van der Waals surface area contributed by atoms with Gasteiger partial charge in [-0.1, -0.05) is 12.1 Å². The highest BCUT2D eigenvalue weighted by molar-refractivity contribution is 14.0. The van der Waals surface area contributed by atoms with E-state index in [1.807, 2.05) is 14.1 Å². The number of nitrogens with zero attached hydrogens (tertiary/aromatic N) is 2. The van der Waals surface area contributed by atoms with E-state index in [-0.39, 0.29) is 36.1 Å². The molecule has 0 aromatic heterocycles. The predicted molar refractivity (Wildman–Crippen MR) is 103 cm³/mol. The van der Waals surface area contributed by atoms with Crippen molar-refractivity contribution in [2.75, 3.05) is 27.7 Å². The molecule has 8 heteroatoms. The topological polar surface area (TPSA) is 39.7 Å². The molecule has 0 amide bonds. The van der Waals surface area contributed by atoms with Crippen molar-refractivity contribution in [2.24, 2.45) is 4.99 Å². The molecule has 0 aliphatic heterocycles. The van der Waals surface area contributed by atoms with Gasteiger partial charge in [-0.15, -0.1) is 24.0 Å². The Morgan fingerprint density at radius 2 is 1.79 bits per heavy atom. The van der Waals surface area contributed by atoms with Crippen LogP contribution in [0, 0.1) is 0 Å². The van der Waals surface area contributed by atoms with Crippen molar-refractivity contribution in [3.63, 3.8) is 0 Å². The summed E-state index contributed by atoms with van der Waals surface area (Å²) < 4.78 is 38.1. The summed E-state index contributed by atoms with van der Waals surface area (Å²) in [4.78, 5) is 6.17. The maximum absolute atomic E-state index is 12.7. The fourth-order valence-electron chi connectivity index (χ4n) is 1.72. The van der Waals surface area contributed by atoms with Gasteiger partial charge in [0.15, 0.2) is 5.96 Å². The standard InChI is InChI=1S/C16H25F3N4.HI/c1-15(2,23(4)5)11-22-14(20-3)21-10-12-7-6-8-13(9-12)16(17,18)19;/h6-9H,10-11H2,1-5H3,(H2,20,21,22);1H. The number of hydrogen-bond acceptors (Lipinski definition) is 2. The molecule has 0 heterocycles. The molecule has 0 saturated heterocycles. The average Bonchev–Trinajstić information content (AvgIpc) is 2.46. The molecule has 0 aliphatic carbocycles. The van der Waals surface area contributed by atoms with Crippen molar-refractivity contribution >= 4 is 29.9 Å². The third-order valence-electron chi connectivity index (χ3n) is 3.84. The van der Waals surface area contributed by atoms with Crippen LogP contribution < -0.4 is 10.6 Å². The van der Waals surface area contributed by atoms with Crippen LogP contribution in [0.1, 0.15) is 25.0 Å². The number of nitrogens with one attached hydrogen (secondary N) is 2. The van der Waals surface area contributed by atoms with E-state index in [1.54, 1.807) is 13.1 Å². The van der Waals surface area contributed by atoms with E-state index >= 15 is 0 Å². The number of benzene rings is 1. The van der Waals surface area contributed by atoms with Gasteiger partial charge in [-0.05, 0) is 45.6 Å². The van der Waals surface area contributed by atoms with E-state index in [2.05, 4.69) is 34.4 Å². The molecule has 0 aliphatic rings. The largest absolute Gasteiger partial charge is 0.416 e. The Balaban J connectivity index is 0.00000529. The molecule has 0 atom stereocenters. The molecule has 4 nitrogen and oxygen atoms in total. The minimum atomic E-state index is -4.33. The Labute approximate surface area is 158 Å². The number of alkyl halides is 3. The Bertz CT molecular complexity index is 542. The molecule has 0 spiro atoms. The van der Waals surface area contributed by atoms with Gasteiger partial charge in [0.05, 0.1) is 5.56 Å². The van der Waals surface area contributed by atoms with Gasteiger partial charge in [-0.2, -0.15) is 13.2 Å². The molecule has 1 aromatic rings. The van der Waals surface area contributed by atoms with Crippen LogP contribution in [0.25, 0.3) is 0 Å². The van der Waals surface area contributed by atoms with Gasteiger partial charge in [0.25, 0.3) is 0 Å². The molecule has 2 N–H and O–H groups in total. The Hall–Kier alpha value is -1.03. The first-order chi connectivity index (χ1) is 10.6. The first kappa shape index (κ1) is 23.0. The van der Waals surface area contributed by atoms with Crippen LogP contribution >= 0.6 is 24.0 Å². The molecule has 0 fully saturated rings. The summed E-state index contributed by atoms with van der Waals surface area (Å²) in [6.07, 6.45) is -4.33. The van der Waals surface area contributed by atoms with Crippen molar-refractivity contribution < 1.29 is 13.2 Å². The van der Waals surface area contributed by atoms with Crippen LogP contribution in [0.15, 0.2) is 29.3 Å². The van der Waals surface area contributed by atoms with Crippen LogP contribution in [-0.2, 0) is 12.7 Å². The molecule has 0 bridgehead atoms. The van der Waals surface area contributed by atoms with Crippen LogP contribution in [0.2, 0.25) is 0 Å². The van der Waals surface area contributed by atoms with Crippen LogP contribution in [0.4, 0.5) is 13.2 Å². The minimum Gasteiger partial charge on any atom is -0.355 e. The number of guanidine groups is 1. The monoisotopic (exact) mass is 458 g/mol. The van der Waals surface area contributed by atoms with Gasteiger partial charge in [0.2, 0.25) is 0 Å². The van der Waals surface area contributed by atoms with Gasteiger partial charge in [0.1, 0.15) is 0 Å². The van der Waals surface area contributed by atoms with E-state index < -0.39 is 11.7 Å². The van der Waals surface area contributed by atoms with Crippen LogP contribution in [0.5, 0.6) is 0 Å². The zero-order chi connectivity index (χ0) is 17.7. The summed E-state index contributed by atoms with van der Waals surface area (Å²) in [7, 11) is 5.60. The zero-order valence-corrected chi connectivity index (χ0v) is 17.0. The normalized spacial score (nSPS) is 12.8.